The molecule has 7 nitrogen and oxygen atoms in total. The largest absolute Gasteiger partial charge is 0.434 e. The Kier molecular flexibility index (Phi) is 5.44. The van der Waals surface area contributed by atoms with Gasteiger partial charge in [-0.2, -0.15) is 9.97 Å². The third kappa shape index (κ3) is 3.87. The molecule has 6 aromatic carbocycles. The number of fused-ring (bicyclic) bond motifs is 8. The number of aromatic nitrogens is 6. The van der Waals surface area contributed by atoms with Crippen LogP contribution in [0.5, 0.6) is 0 Å². The van der Waals surface area contributed by atoms with Gasteiger partial charge in [-0.05, 0) is 36.4 Å². The molecule has 0 bridgehead atoms. The summed E-state index contributed by atoms with van der Waals surface area (Å²) in [4.78, 5) is 19.9. The molecule has 0 saturated carbocycles. The van der Waals surface area contributed by atoms with Crippen LogP contribution in [0.25, 0.3) is 89.5 Å². The molecule has 10 rings (SSSR count). The van der Waals surface area contributed by atoms with Crippen molar-refractivity contribution in [1.82, 2.24) is 29.1 Å². The quantitative estimate of drug-likeness (QED) is 0.200. The van der Waals surface area contributed by atoms with Crippen molar-refractivity contribution >= 4 is 54.7 Å². The number of oxazole rings is 1. The molecule has 10 aromatic rings. The average molecular weight is 605 g/mol. The Bertz CT molecular complexity index is 2760. The summed E-state index contributed by atoms with van der Waals surface area (Å²) in [5, 5.41) is 4.55. The van der Waals surface area contributed by atoms with E-state index in [1.165, 1.54) is 5.39 Å². The van der Waals surface area contributed by atoms with Crippen LogP contribution in [-0.2, 0) is 0 Å². The van der Waals surface area contributed by atoms with Gasteiger partial charge in [0.1, 0.15) is 5.52 Å². The third-order valence-corrected chi connectivity index (χ3v) is 8.82. The highest BCUT2D eigenvalue weighted by Gasteiger charge is 2.24. The highest BCUT2D eigenvalue weighted by molar-refractivity contribution is 6.23. The molecule has 4 aromatic heterocycles. The van der Waals surface area contributed by atoms with Crippen molar-refractivity contribution in [1.29, 1.82) is 0 Å². The number of para-hydroxylation sites is 5. The van der Waals surface area contributed by atoms with E-state index in [4.69, 9.17) is 24.4 Å². The first-order chi connectivity index (χ1) is 23.3. The maximum atomic E-state index is 6.20. The topological polar surface area (TPSA) is 74.6 Å². The summed E-state index contributed by atoms with van der Waals surface area (Å²) in [5.41, 5.74) is 7.59. The Hall–Kier alpha value is -6.60. The number of rotatable bonds is 4. The van der Waals surface area contributed by atoms with Gasteiger partial charge in [0, 0.05) is 32.8 Å². The van der Waals surface area contributed by atoms with Gasteiger partial charge in [-0.1, -0.05) is 109 Å². The Labute approximate surface area is 268 Å². The summed E-state index contributed by atoms with van der Waals surface area (Å²) in [5.74, 6) is 1.73. The van der Waals surface area contributed by atoms with E-state index >= 15 is 0 Å². The SMILES string of the molecule is c1ccc(-c2nc(-c3nc4ccccc4o3)nc(-n3c4ccccc4c4ccc5c6ccccc6n(-c6ccccc6)c5c43)n2)cc1. The van der Waals surface area contributed by atoms with Gasteiger partial charge in [0.25, 0.3) is 5.89 Å². The molecule has 0 aliphatic rings. The van der Waals surface area contributed by atoms with Gasteiger partial charge < -0.3 is 8.98 Å². The van der Waals surface area contributed by atoms with Crippen LogP contribution in [0.4, 0.5) is 0 Å². The molecule has 0 saturated heterocycles. The number of hydrogen-bond donors (Lipinski definition) is 0. The Morgan fingerprint density at radius 2 is 1.00 bits per heavy atom. The molecule has 0 spiro atoms. The van der Waals surface area contributed by atoms with Crippen molar-refractivity contribution in [2.75, 3.05) is 0 Å². The molecule has 0 atom stereocenters. The van der Waals surface area contributed by atoms with Crippen molar-refractivity contribution in [2.24, 2.45) is 0 Å². The second-order valence-electron chi connectivity index (χ2n) is 11.5. The maximum Gasteiger partial charge on any atom is 0.266 e. The lowest BCUT2D eigenvalue weighted by molar-refractivity contribution is 0.612. The minimum absolute atomic E-state index is 0.344. The van der Waals surface area contributed by atoms with E-state index in [1.807, 2.05) is 60.7 Å². The molecule has 4 heterocycles. The molecule has 7 heteroatoms. The van der Waals surface area contributed by atoms with Crippen LogP contribution < -0.4 is 0 Å². The summed E-state index contributed by atoms with van der Waals surface area (Å²) >= 11 is 0. The lowest BCUT2D eigenvalue weighted by Crippen LogP contribution is -2.07. The van der Waals surface area contributed by atoms with Crippen LogP contribution in [0.2, 0.25) is 0 Å². The highest BCUT2D eigenvalue weighted by atomic mass is 16.3. The minimum atomic E-state index is 0.344. The van der Waals surface area contributed by atoms with Gasteiger partial charge in [-0.15, -0.1) is 0 Å². The van der Waals surface area contributed by atoms with Crippen LogP contribution in [0.3, 0.4) is 0 Å². The standard InChI is InChI=1S/C40H24N6O/c1-3-13-25(14-4-1)37-42-38(39-41-31-19-9-12-22-34(31)47-39)44-40(43-37)46-33-21-11-8-18-28(33)30-24-23-29-27-17-7-10-20-32(27)45(35(29)36(30)46)26-15-5-2-6-16-26/h1-24H. The van der Waals surface area contributed by atoms with Gasteiger partial charge in [-0.25, -0.2) is 9.97 Å². The zero-order valence-electron chi connectivity index (χ0n) is 24.9. The predicted octanol–water partition coefficient (Wildman–Crippen LogP) is 9.54. The normalized spacial score (nSPS) is 11.8. The van der Waals surface area contributed by atoms with E-state index < -0.39 is 0 Å². The molecule has 0 unspecified atom stereocenters. The summed E-state index contributed by atoms with van der Waals surface area (Å²) in [7, 11) is 0. The van der Waals surface area contributed by atoms with Crippen molar-refractivity contribution < 1.29 is 4.42 Å². The average Bonchev–Trinajstić information content (AvgIpc) is 3.83. The lowest BCUT2D eigenvalue weighted by atomic mass is 10.1. The number of nitrogens with zero attached hydrogens (tertiary/aromatic N) is 6. The van der Waals surface area contributed by atoms with Gasteiger partial charge in [0.05, 0.1) is 22.1 Å². The fourth-order valence-corrected chi connectivity index (χ4v) is 6.80. The molecule has 0 N–H and O–H groups in total. The Morgan fingerprint density at radius 1 is 0.426 bits per heavy atom. The minimum Gasteiger partial charge on any atom is -0.434 e. The van der Waals surface area contributed by atoms with Crippen molar-refractivity contribution in [2.45, 2.75) is 0 Å². The molecule has 220 valence electrons. The van der Waals surface area contributed by atoms with Crippen LogP contribution in [0.1, 0.15) is 0 Å². The highest BCUT2D eigenvalue weighted by Crippen LogP contribution is 2.41. The predicted molar refractivity (Wildman–Crippen MR) is 187 cm³/mol. The molecular formula is C40H24N6O. The van der Waals surface area contributed by atoms with E-state index in [0.29, 0.717) is 29.1 Å². The monoisotopic (exact) mass is 604 g/mol. The lowest BCUT2D eigenvalue weighted by Gasteiger charge is -2.12. The fraction of sp³-hybridized carbons (Fsp3) is 0. The summed E-state index contributed by atoms with van der Waals surface area (Å²) < 4.78 is 10.7. The Morgan fingerprint density at radius 3 is 1.72 bits per heavy atom. The first kappa shape index (κ1) is 25.7. The smallest absolute Gasteiger partial charge is 0.266 e. The van der Waals surface area contributed by atoms with Crippen molar-refractivity contribution in [3.63, 3.8) is 0 Å². The van der Waals surface area contributed by atoms with Gasteiger partial charge in [0.15, 0.2) is 11.4 Å². The number of benzene rings is 6. The zero-order chi connectivity index (χ0) is 30.9. The summed E-state index contributed by atoms with van der Waals surface area (Å²) in [6.45, 7) is 0. The van der Waals surface area contributed by atoms with E-state index in [1.54, 1.807) is 0 Å². The first-order valence-electron chi connectivity index (χ1n) is 15.5. The van der Waals surface area contributed by atoms with E-state index in [2.05, 4.69) is 94.1 Å². The van der Waals surface area contributed by atoms with E-state index in [9.17, 15) is 0 Å². The summed E-state index contributed by atoms with van der Waals surface area (Å²) in [6.07, 6.45) is 0. The third-order valence-electron chi connectivity index (χ3n) is 8.82. The van der Waals surface area contributed by atoms with E-state index in [-0.39, 0.29) is 0 Å². The van der Waals surface area contributed by atoms with Crippen molar-refractivity contribution in [3.8, 4) is 34.7 Å². The Balaban J connectivity index is 1.37. The van der Waals surface area contributed by atoms with E-state index in [0.717, 1.165) is 55.0 Å². The molecule has 0 aliphatic carbocycles. The molecule has 0 fully saturated rings. The van der Waals surface area contributed by atoms with Gasteiger partial charge >= 0.3 is 0 Å². The molecule has 0 radical (unpaired) electrons. The first-order valence-corrected chi connectivity index (χ1v) is 15.5. The second-order valence-corrected chi connectivity index (χ2v) is 11.5. The van der Waals surface area contributed by atoms with Crippen LogP contribution in [0.15, 0.2) is 150 Å². The summed E-state index contributed by atoms with van der Waals surface area (Å²) in [6, 6.07) is 49.6. The molecule has 0 aliphatic heterocycles. The number of hydrogen-bond acceptors (Lipinski definition) is 5. The van der Waals surface area contributed by atoms with Gasteiger partial charge in [-0.3, -0.25) is 4.57 Å². The maximum absolute atomic E-state index is 6.20. The van der Waals surface area contributed by atoms with Crippen LogP contribution in [-0.4, -0.2) is 29.1 Å². The van der Waals surface area contributed by atoms with Crippen LogP contribution in [0, 0.1) is 0 Å². The van der Waals surface area contributed by atoms with Crippen molar-refractivity contribution in [3.05, 3.63) is 146 Å². The second kappa shape index (κ2) is 9.95. The molecule has 0 amide bonds. The zero-order valence-corrected chi connectivity index (χ0v) is 24.9. The van der Waals surface area contributed by atoms with Crippen LogP contribution >= 0.6 is 0 Å². The fourth-order valence-electron chi connectivity index (χ4n) is 6.80. The van der Waals surface area contributed by atoms with Gasteiger partial charge in [0.2, 0.25) is 11.8 Å². The molecular weight excluding hydrogens is 580 g/mol. The molecule has 47 heavy (non-hydrogen) atoms.